The Bertz CT molecular complexity index is 1070. The van der Waals surface area contributed by atoms with Crippen molar-refractivity contribution in [2.75, 3.05) is 39.4 Å². The molecule has 7 nitrogen and oxygen atoms in total. The first kappa shape index (κ1) is 28.2. The molecule has 0 saturated carbocycles. The van der Waals surface area contributed by atoms with Gasteiger partial charge in [0.2, 0.25) is 5.91 Å². The quantitative estimate of drug-likeness (QED) is 0.208. The Morgan fingerprint density at radius 3 is 2.22 bits per heavy atom. The number of benzene rings is 2. The van der Waals surface area contributed by atoms with Crippen LogP contribution in [0.25, 0.3) is 0 Å². The number of carbonyl (C=O) groups excluding carboxylic acids is 2. The van der Waals surface area contributed by atoms with Gasteiger partial charge in [0.15, 0.2) is 0 Å². The Morgan fingerprint density at radius 1 is 0.865 bits per heavy atom. The van der Waals surface area contributed by atoms with Crippen molar-refractivity contribution < 1.29 is 23.5 Å². The second kappa shape index (κ2) is 15.6. The van der Waals surface area contributed by atoms with Gasteiger partial charge in [0.05, 0.1) is 19.6 Å². The first-order chi connectivity index (χ1) is 18.0. The molecule has 0 fully saturated rings. The van der Waals surface area contributed by atoms with Gasteiger partial charge in [-0.15, -0.1) is 0 Å². The average molecular weight is 507 g/mol. The number of nitrogens with zero attached hydrogens (tertiary/aromatic N) is 2. The van der Waals surface area contributed by atoms with Gasteiger partial charge in [0.1, 0.15) is 18.1 Å². The summed E-state index contributed by atoms with van der Waals surface area (Å²) in [7, 11) is 0. The smallest absolute Gasteiger partial charge is 0.320 e. The van der Waals surface area contributed by atoms with E-state index in [-0.39, 0.29) is 31.6 Å². The second-order valence-electron chi connectivity index (χ2n) is 8.97. The molecule has 0 aliphatic rings. The van der Waals surface area contributed by atoms with Crippen molar-refractivity contribution in [3.8, 4) is 0 Å². The fourth-order valence-electron chi connectivity index (χ4n) is 3.97. The van der Waals surface area contributed by atoms with Crippen LogP contribution in [0.5, 0.6) is 0 Å². The van der Waals surface area contributed by atoms with Gasteiger partial charge in [0.25, 0.3) is 0 Å². The molecule has 1 heterocycles. The molecule has 0 atom stereocenters. The van der Waals surface area contributed by atoms with E-state index in [0.29, 0.717) is 39.3 Å². The van der Waals surface area contributed by atoms with Crippen LogP contribution in [0, 0.1) is 6.92 Å². The molecule has 0 N–H and O–H groups in total. The van der Waals surface area contributed by atoms with Crippen molar-refractivity contribution >= 4 is 11.9 Å². The number of aryl methyl sites for hydroxylation is 1. The third kappa shape index (κ3) is 10.6. The van der Waals surface area contributed by atoms with E-state index in [0.717, 1.165) is 29.1 Å². The van der Waals surface area contributed by atoms with Crippen molar-refractivity contribution in [2.45, 2.75) is 39.8 Å². The van der Waals surface area contributed by atoms with E-state index < -0.39 is 0 Å². The Kier molecular flexibility index (Phi) is 11.9. The summed E-state index contributed by atoms with van der Waals surface area (Å²) in [6.45, 7) is 6.89. The van der Waals surface area contributed by atoms with Crippen LogP contribution in [0.2, 0.25) is 0 Å². The minimum Gasteiger partial charge on any atom is -0.464 e. The fraction of sp³-hybridized carbons (Fsp3) is 0.400. The SMILES string of the molecule is CCOCCCN(CC(=O)OCc1ccccc1)CC(=O)N(CCc1ccccc1)Cc1ccc(C)o1. The highest BCUT2D eigenvalue weighted by molar-refractivity contribution is 5.79. The first-order valence-electron chi connectivity index (χ1n) is 12.9. The molecule has 0 aliphatic heterocycles. The molecular weight excluding hydrogens is 468 g/mol. The van der Waals surface area contributed by atoms with Gasteiger partial charge in [-0.3, -0.25) is 14.5 Å². The van der Waals surface area contributed by atoms with Gasteiger partial charge >= 0.3 is 5.97 Å². The normalized spacial score (nSPS) is 11.0. The molecule has 198 valence electrons. The number of hydrogen-bond acceptors (Lipinski definition) is 6. The molecule has 7 heteroatoms. The van der Waals surface area contributed by atoms with Crippen LogP contribution in [0.1, 0.15) is 36.0 Å². The van der Waals surface area contributed by atoms with Gasteiger partial charge in [-0.05, 0) is 49.9 Å². The molecule has 37 heavy (non-hydrogen) atoms. The summed E-state index contributed by atoms with van der Waals surface area (Å²) >= 11 is 0. The average Bonchev–Trinajstić information content (AvgIpc) is 3.33. The predicted octanol–water partition coefficient (Wildman–Crippen LogP) is 4.63. The maximum atomic E-state index is 13.5. The molecule has 0 spiro atoms. The van der Waals surface area contributed by atoms with Crippen LogP contribution in [-0.4, -0.2) is 61.1 Å². The second-order valence-corrected chi connectivity index (χ2v) is 8.97. The maximum absolute atomic E-state index is 13.5. The maximum Gasteiger partial charge on any atom is 0.320 e. The summed E-state index contributed by atoms with van der Waals surface area (Å²) in [5.74, 6) is 1.14. The van der Waals surface area contributed by atoms with E-state index in [2.05, 4.69) is 12.1 Å². The molecule has 1 amide bonds. The molecule has 1 aromatic heterocycles. The molecule has 0 bridgehead atoms. The zero-order valence-corrected chi connectivity index (χ0v) is 21.9. The molecule has 0 saturated heterocycles. The number of hydrogen-bond donors (Lipinski definition) is 0. The van der Waals surface area contributed by atoms with E-state index >= 15 is 0 Å². The molecule has 0 radical (unpaired) electrons. The van der Waals surface area contributed by atoms with Crippen molar-refractivity contribution in [2.24, 2.45) is 0 Å². The van der Waals surface area contributed by atoms with E-state index in [9.17, 15) is 9.59 Å². The van der Waals surface area contributed by atoms with Crippen LogP contribution >= 0.6 is 0 Å². The minimum absolute atomic E-state index is 0.0388. The summed E-state index contributed by atoms with van der Waals surface area (Å²) in [5.41, 5.74) is 2.09. The molecule has 3 rings (SSSR count). The van der Waals surface area contributed by atoms with Crippen molar-refractivity contribution in [3.05, 3.63) is 95.4 Å². The van der Waals surface area contributed by atoms with Gasteiger partial charge in [-0.25, -0.2) is 0 Å². The molecule has 0 unspecified atom stereocenters. The van der Waals surface area contributed by atoms with Crippen molar-refractivity contribution in [3.63, 3.8) is 0 Å². The van der Waals surface area contributed by atoms with Crippen LogP contribution in [-0.2, 0) is 38.6 Å². The largest absolute Gasteiger partial charge is 0.464 e. The molecular formula is C30H38N2O5. The highest BCUT2D eigenvalue weighted by Crippen LogP contribution is 2.12. The lowest BCUT2D eigenvalue weighted by molar-refractivity contribution is -0.147. The Labute approximate surface area is 220 Å². The Hall–Kier alpha value is -3.42. The zero-order valence-electron chi connectivity index (χ0n) is 21.9. The fourth-order valence-corrected chi connectivity index (χ4v) is 3.97. The topological polar surface area (TPSA) is 72.2 Å². The van der Waals surface area contributed by atoms with Gasteiger partial charge in [0, 0.05) is 26.3 Å². The van der Waals surface area contributed by atoms with E-state index in [1.54, 1.807) is 4.90 Å². The number of esters is 1. The molecule has 2 aromatic carbocycles. The Balaban J connectivity index is 1.63. The minimum atomic E-state index is -0.356. The number of amides is 1. The van der Waals surface area contributed by atoms with Crippen molar-refractivity contribution in [1.29, 1.82) is 0 Å². The van der Waals surface area contributed by atoms with E-state index in [1.807, 2.05) is 79.4 Å². The highest BCUT2D eigenvalue weighted by atomic mass is 16.5. The van der Waals surface area contributed by atoms with Crippen LogP contribution < -0.4 is 0 Å². The van der Waals surface area contributed by atoms with E-state index in [4.69, 9.17) is 13.9 Å². The predicted molar refractivity (Wildman–Crippen MR) is 143 cm³/mol. The first-order valence-corrected chi connectivity index (χ1v) is 12.9. The standard InChI is InChI=1S/C30H38N2O5/c1-3-35-20-10-18-31(23-30(34)36-24-27-13-8-5-9-14-27)22-29(33)32(21-28-16-15-25(2)37-28)19-17-26-11-6-4-7-12-26/h4-9,11-16H,3,10,17-24H2,1-2H3. The number of ether oxygens (including phenoxy) is 2. The third-order valence-electron chi connectivity index (χ3n) is 5.93. The lowest BCUT2D eigenvalue weighted by Gasteiger charge is -2.27. The van der Waals surface area contributed by atoms with Crippen LogP contribution in [0.4, 0.5) is 0 Å². The molecule has 3 aromatic rings. The van der Waals surface area contributed by atoms with Gasteiger partial charge in [-0.1, -0.05) is 60.7 Å². The van der Waals surface area contributed by atoms with Crippen molar-refractivity contribution in [1.82, 2.24) is 9.80 Å². The highest BCUT2D eigenvalue weighted by Gasteiger charge is 2.21. The van der Waals surface area contributed by atoms with E-state index in [1.165, 1.54) is 0 Å². The van der Waals surface area contributed by atoms with Crippen LogP contribution in [0.3, 0.4) is 0 Å². The van der Waals surface area contributed by atoms with Gasteiger partial charge in [-0.2, -0.15) is 0 Å². The summed E-state index contributed by atoms with van der Waals surface area (Å²) < 4.78 is 16.7. The number of furan rings is 1. The summed E-state index contributed by atoms with van der Waals surface area (Å²) in [4.78, 5) is 29.8. The van der Waals surface area contributed by atoms with Gasteiger partial charge < -0.3 is 18.8 Å². The zero-order chi connectivity index (χ0) is 26.3. The summed E-state index contributed by atoms with van der Waals surface area (Å²) in [6.07, 6.45) is 1.45. The summed E-state index contributed by atoms with van der Waals surface area (Å²) in [5, 5.41) is 0. The van der Waals surface area contributed by atoms with Crippen LogP contribution in [0.15, 0.2) is 77.2 Å². The summed E-state index contributed by atoms with van der Waals surface area (Å²) in [6, 6.07) is 23.5. The number of carbonyl (C=O) groups is 2. The monoisotopic (exact) mass is 506 g/mol. The number of rotatable bonds is 16. The third-order valence-corrected chi connectivity index (χ3v) is 5.93. The lowest BCUT2D eigenvalue weighted by Crippen LogP contribution is -2.43. The molecule has 0 aliphatic carbocycles. The Morgan fingerprint density at radius 2 is 1.57 bits per heavy atom. The lowest BCUT2D eigenvalue weighted by atomic mass is 10.1.